The Hall–Kier alpha value is -3.27. The average Bonchev–Trinajstić information content (AvgIpc) is 3.37. The van der Waals surface area contributed by atoms with Crippen LogP contribution < -0.4 is 26.7 Å². The maximum absolute atomic E-state index is 13.3. The van der Waals surface area contributed by atoms with E-state index in [0.717, 1.165) is 44.3 Å². The predicted molar refractivity (Wildman–Crippen MR) is 196 cm³/mol. The summed E-state index contributed by atoms with van der Waals surface area (Å²) in [6, 6.07) is -0.382. The maximum atomic E-state index is 13.3. The van der Waals surface area contributed by atoms with Crippen molar-refractivity contribution in [2.75, 3.05) is 20.1 Å². The minimum atomic E-state index is -0.701. The Balaban J connectivity index is 0.000000380. The lowest BCUT2D eigenvalue weighted by atomic mass is 9.65. The van der Waals surface area contributed by atoms with Gasteiger partial charge in [-0.05, 0) is 62.7 Å². The van der Waals surface area contributed by atoms with Gasteiger partial charge in [-0.1, -0.05) is 85.8 Å². The molecular formula is C38H67N6O4+. The summed E-state index contributed by atoms with van der Waals surface area (Å²) in [5, 5.41) is 30.0. The smallest absolute Gasteiger partial charge is 0.250 e. The first kappa shape index (κ1) is 40.9. The highest BCUT2D eigenvalue weighted by atomic mass is 16.3. The molecule has 4 unspecified atom stereocenters. The molecule has 48 heavy (non-hydrogen) atoms. The van der Waals surface area contributed by atoms with Gasteiger partial charge in [0, 0.05) is 31.5 Å². The number of fused-ring (bicyclic) bond motifs is 2. The van der Waals surface area contributed by atoms with E-state index >= 15 is 0 Å². The van der Waals surface area contributed by atoms with Crippen molar-refractivity contribution in [3.63, 3.8) is 0 Å². The largest absolute Gasteiger partial charge is 0.508 e. The second-order valence-corrected chi connectivity index (χ2v) is 13.4. The summed E-state index contributed by atoms with van der Waals surface area (Å²) in [4.78, 5) is 30.2. The molecule has 10 nitrogen and oxygen atoms in total. The first-order valence-electron chi connectivity index (χ1n) is 18.6. The maximum Gasteiger partial charge on any atom is 0.250 e. The SMILES string of the molecule is C=C1NCC([NH+]=C(N)CC)[C@@]2(C)[C@H](O)[C@H](NC(=O)C3CCCC4CCCCC43)CN12.CC.CC/C=C(/C=C\C(O)=C\CCC)C(=O)NC. The zero-order chi connectivity index (χ0) is 35.9. The highest BCUT2D eigenvalue weighted by Gasteiger charge is 2.58. The van der Waals surface area contributed by atoms with E-state index in [2.05, 4.69) is 32.4 Å². The normalized spacial score (nSPS) is 30.5. The molecular weight excluding hydrogens is 604 g/mol. The molecule has 0 aromatic carbocycles. The number of hydrogen-bond acceptors (Lipinski definition) is 6. The van der Waals surface area contributed by atoms with Crippen LogP contribution in [-0.4, -0.2) is 76.6 Å². The minimum Gasteiger partial charge on any atom is -0.508 e. The summed E-state index contributed by atoms with van der Waals surface area (Å²) >= 11 is 0. The van der Waals surface area contributed by atoms with E-state index in [4.69, 9.17) is 5.73 Å². The molecule has 272 valence electrons. The van der Waals surface area contributed by atoms with Crippen LogP contribution >= 0.6 is 0 Å². The van der Waals surface area contributed by atoms with Crippen molar-refractivity contribution in [2.24, 2.45) is 23.5 Å². The Kier molecular flexibility index (Phi) is 17.3. The highest BCUT2D eigenvalue weighted by Crippen LogP contribution is 2.44. The van der Waals surface area contributed by atoms with Crippen LogP contribution in [0.2, 0.25) is 0 Å². The molecule has 4 fully saturated rings. The lowest BCUT2D eigenvalue weighted by molar-refractivity contribution is -0.525. The third kappa shape index (κ3) is 10.4. The van der Waals surface area contributed by atoms with Crippen LogP contribution in [-0.2, 0) is 9.59 Å². The van der Waals surface area contributed by atoms with E-state index < -0.39 is 11.6 Å². The molecule has 7 atom stereocenters. The molecule has 2 heterocycles. The number of carbonyl (C=O) groups is 2. The topological polar surface area (TPSA) is 154 Å². The van der Waals surface area contributed by atoms with E-state index in [0.29, 0.717) is 36.3 Å². The zero-order valence-corrected chi connectivity index (χ0v) is 30.9. The quantitative estimate of drug-likeness (QED) is 0.0615. The number of amidine groups is 1. The molecule has 2 saturated carbocycles. The number of aliphatic hydroxyl groups is 2. The van der Waals surface area contributed by atoms with Crippen LogP contribution in [0.4, 0.5) is 0 Å². The number of nitrogens with zero attached hydrogens (tertiary/aromatic N) is 1. The van der Waals surface area contributed by atoms with Crippen molar-refractivity contribution in [1.82, 2.24) is 20.9 Å². The van der Waals surface area contributed by atoms with Crippen molar-refractivity contribution in [2.45, 2.75) is 136 Å². The summed E-state index contributed by atoms with van der Waals surface area (Å²) in [6.45, 7) is 17.4. The molecule has 2 aliphatic heterocycles. The lowest BCUT2D eigenvalue weighted by Crippen LogP contribution is -2.92. The monoisotopic (exact) mass is 672 g/mol. The standard InChI is InChI=1S/C23H39N5O2.C13H21NO2.C2H6/c1-4-20(24)27-19-12-25-14(2)28-13-18(21(29)23(19,28)3)26-22(30)17-11-7-9-15-8-5-6-10-16(15)17;1-4-6-8-12(15)10-9-11(7-5-2)13(16)14-3;1-2/h15-19,21,25,29H,2,4-13H2,1,3H3,(H2,24,27)(H,26,30);7-10,15H,4-6H2,1-3H3,(H,14,16);1-2H3/p+1/b;10-9-,11-7-,12-8-;/t15?,16?,17?,18-,19?,21-,23+;;/m1../s1. The van der Waals surface area contributed by atoms with Gasteiger partial charge in [-0.2, -0.15) is 0 Å². The van der Waals surface area contributed by atoms with Gasteiger partial charge in [0.15, 0.2) is 0 Å². The molecule has 4 aliphatic rings. The number of carbonyl (C=O) groups excluding carboxylic acids is 2. The van der Waals surface area contributed by atoms with Gasteiger partial charge in [-0.3, -0.25) is 20.3 Å². The Morgan fingerprint density at radius 1 is 1.10 bits per heavy atom. The molecule has 2 aliphatic carbocycles. The van der Waals surface area contributed by atoms with Crippen LogP contribution in [0, 0.1) is 17.8 Å². The summed E-state index contributed by atoms with van der Waals surface area (Å²) in [6.07, 6.45) is 17.8. The fraction of sp³-hybridized carbons (Fsp3) is 0.711. The van der Waals surface area contributed by atoms with Gasteiger partial charge < -0.3 is 31.1 Å². The van der Waals surface area contributed by atoms with Gasteiger partial charge in [-0.15, -0.1) is 0 Å². The number of nitrogens with one attached hydrogen (secondary N) is 4. The van der Waals surface area contributed by atoms with E-state index in [-0.39, 0.29) is 35.6 Å². The first-order valence-corrected chi connectivity index (χ1v) is 18.6. The summed E-state index contributed by atoms with van der Waals surface area (Å²) < 4.78 is 0. The van der Waals surface area contributed by atoms with E-state index in [1.54, 1.807) is 25.3 Å². The molecule has 0 aromatic heterocycles. The Morgan fingerprint density at radius 2 is 1.79 bits per heavy atom. The fourth-order valence-electron chi connectivity index (χ4n) is 7.71. The highest BCUT2D eigenvalue weighted by molar-refractivity contribution is 5.96. The first-order chi connectivity index (χ1) is 23.0. The predicted octanol–water partition coefficient (Wildman–Crippen LogP) is 3.70. The lowest BCUT2D eigenvalue weighted by Gasteiger charge is -2.46. The molecule has 4 rings (SSSR count). The van der Waals surface area contributed by atoms with Gasteiger partial charge in [0.05, 0.1) is 18.4 Å². The summed E-state index contributed by atoms with van der Waals surface area (Å²) in [5.41, 5.74) is 6.07. The molecule has 0 spiro atoms. The van der Waals surface area contributed by atoms with Crippen molar-refractivity contribution in [3.05, 3.63) is 48.0 Å². The van der Waals surface area contributed by atoms with Crippen molar-refractivity contribution in [1.29, 1.82) is 0 Å². The van der Waals surface area contributed by atoms with Gasteiger partial charge in [-0.25, -0.2) is 0 Å². The van der Waals surface area contributed by atoms with Gasteiger partial charge in [0.2, 0.25) is 11.7 Å². The number of likely N-dealkylation sites (N-methyl/N-ethyl adjacent to an activating group) is 1. The molecule has 0 bridgehead atoms. The van der Waals surface area contributed by atoms with E-state index in [1.165, 1.54) is 32.1 Å². The number of rotatable bonds is 10. The Morgan fingerprint density at radius 3 is 2.44 bits per heavy atom. The fourth-order valence-corrected chi connectivity index (χ4v) is 7.71. The van der Waals surface area contributed by atoms with Crippen LogP contribution in [0.1, 0.15) is 112 Å². The summed E-state index contributed by atoms with van der Waals surface area (Å²) in [7, 11) is 1.59. The van der Waals surface area contributed by atoms with Crippen LogP contribution in [0.15, 0.2) is 48.0 Å². The molecule has 2 amide bonds. The number of amides is 2. The van der Waals surface area contributed by atoms with Crippen molar-refractivity contribution in [3.8, 4) is 0 Å². The number of hydrogen-bond donors (Lipinski definition) is 7. The van der Waals surface area contributed by atoms with Crippen molar-refractivity contribution >= 4 is 17.6 Å². The molecule has 2 saturated heterocycles. The second-order valence-electron chi connectivity index (χ2n) is 13.4. The number of nitrogens with two attached hydrogens (primary N) is 1. The van der Waals surface area contributed by atoms with Gasteiger partial charge >= 0.3 is 0 Å². The Bertz CT molecular complexity index is 1180. The van der Waals surface area contributed by atoms with E-state index in [9.17, 15) is 19.8 Å². The third-order valence-electron chi connectivity index (χ3n) is 10.5. The number of aliphatic hydroxyl groups excluding tert-OH is 2. The van der Waals surface area contributed by atoms with Crippen molar-refractivity contribution < 1.29 is 24.8 Å². The average molecular weight is 672 g/mol. The Labute approximate surface area is 290 Å². The zero-order valence-electron chi connectivity index (χ0n) is 30.9. The van der Waals surface area contributed by atoms with Crippen LogP contribution in [0.5, 0.6) is 0 Å². The number of allylic oxidation sites excluding steroid dienone is 3. The van der Waals surface area contributed by atoms with E-state index in [1.807, 2.05) is 47.6 Å². The van der Waals surface area contributed by atoms with Crippen LogP contribution in [0.3, 0.4) is 0 Å². The molecule has 0 radical (unpaired) electrons. The molecule has 0 aromatic rings. The minimum absolute atomic E-state index is 0.0720. The second kappa shape index (κ2) is 20.3. The van der Waals surface area contributed by atoms with Gasteiger partial charge in [0.1, 0.15) is 23.4 Å². The number of unbranched alkanes of at least 4 members (excludes halogenated alkanes) is 1. The van der Waals surface area contributed by atoms with Gasteiger partial charge in [0.25, 0.3) is 5.91 Å². The molecule has 10 heteroatoms. The summed E-state index contributed by atoms with van der Waals surface area (Å²) in [5.74, 6) is 3.05. The third-order valence-corrected chi connectivity index (χ3v) is 10.5. The van der Waals surface area contributed by atoms with Crippen LogP contribution in [0.25, 0.3) is 0 Å². The molecule has 8 N–H and O–H groups in total.